The Hall–Kier alpha value is -2.60. The van der Waals surface area contributed by atoms with Crippen molar-refractivity contribution in [2.24, 2.45) is 0 Å². The summed E-state index contributed by atoms with van der Waals surface area (Å²) in [6.07, 6.45) is 3.35. The van der Waals surface area contributed by atoms with Crippen LogP contribution in [0.25, 0.3) is 0 Å². The molecule has 0 spiro atoms. The van der Waals surface area contributed by atoms with Crippen LogP contribution in [-0.2, 0) is 12.8 Å². The summed E-state index contributed by atoms with van der Waals surface area (Å²) >= 11 is 5.76. The van der Waals surface area contributed by atoms with E-state index in [0.29, 0.717) is 5.82 Å². The topological polar surface area (TPSA) is 75.7 Å². The van der Waals surface area contributed by atoms with Crippen molar-refractivity contribution in [2.45, 2.75) is 12.8 Å². The van der Waals surface area contributed by atoms with E-state index in [0.717, 1.165) is 30.1 Å². The number of benzene rings is 1. The van der Waals surface area contributed by atoms with Gasteiger partial charge in [0.2, 0.25) is 5.28 Å². The standard InChI is InChI=1S/C16H16ClN5O/c1-23-13-6-3-11(4-7-13)2-5-12-10-15(22-21-12)19-14-8-9-18-16(17)20-14/h3-4,6-10H,2,5H2,1H3,(H2,18,19,20,21,22). The molecule has 118 valence electrons. The molecule has 0 atom stereocenters. The van der Waals surface area contributed by atoms with E-state index < -0.39 is 0 Å². The second kappa shape index (κ2) is 7.11. The van der Waals surface area contributed by atoms with Crippen LogP contribution in [0.15, 0.2) is 42.6 Å². The Morgan fingerprint density at radius 3 is 2.74 bits per heavy atom. The Bertz CT molecular complexity index is 772. The van der Waals surface area contributed by atoms with Crippen LogP contribution in [0.1, 0.15) is 11.3 Å². The van der Waals surface area contributed by atoms with Gasteiger partial charge in [-0.25, -0.2) is 9.97 Å². The number of hydrogen-bond donors (Lipinski definition) is 2. The third kappa shape index (κ3) is 4.20. The molecule has 0 saturated heterocycles. The van der Waals surface area contributed by atoms with Crippen molar-refractivity contribution in [3.05, 3.63) is 59.1 Å². The third-order valence-electron chi connectivity index (χ3n) is 3.35. The Labute approximate surface area is 138 Å². The van der Waals surface area contributed by atoms with Crippen molar-refractivity contribution in [1.82, 2.24) is 20.2 Å². The number of aryl methyl sites for hydroxylation is 2. The molecule has 0 aliphatic rings. The lowest BCUT2D eigenvalue weighted by molar-refractivity contribution is 0.414. The van der Waals surface area contributed by atoms with Crippen molar-refractivity contribution < 1.29 is 4.74 Å². The Morgan fingerprint density at radius 2 is 2.00 bits per heavy atom. The van der Waals surface area contributed by atoms with E-state index in [9.17, 15) is 0 Å². The highest BCUT2D eigenvalue weighted by molar-refractivity contribution is 6.28. The van der Waals surface area contributed by atoms with E-state index in [-0.39, 0.29) is 5.28 Å². The van der Waals surface area contributed by atoms with Crippen molar-refractivity contribution in [3.63, 3.8) is 0 Å². The predicted octanol–water partition coefficient (Wildman–Crippen LogP) is 3.39. The Morgan fingerprint density at radius 1 is 1.17 bits per heavy atom. The number of aromatic amines is 1. The fraction of sp³-hybridized carbons (Fsp3) is 0.188. The highest BCUT2D eigenvalue weighted by Crippen LogP contribution is 2.16. The first-order chi connectivity index (χ1) is 11.2. The van der Waals surface area contributed by atoms with E-state index in [1.54, 1.807) is 19.4 Å². The molecule has 3 aromatic rings. The van der Waals surface area contributed by atoms with Crippen LogP contribution in [0, 0.1) is 0 Å². The summed E-state index contributed by atoms with van der Waals surface area (Å²) < 4.78 is 5.15. The molecule has 0 amide bonds. The van der Waals surface area contributed by atoms with Gasteiger partial charge in [0, 0.05) is 12.3 Å². The monoisotopic (exact) mass is 329 g/mol. The minimum absolute atomic E-state index is 0.203. The SMILES string of the molecule is COc1ccc(CCc2cc(Nc3ccnc(Cl)n3)[nH]n2)cc1. The number of aromatic nitrogens is 4. The average molecular weight is 330 g/mol. The van der Waals surface area contributed by atoms with E-state index in [1.807, 2.05) is 18.2 Å². The zero-order chi connectivity index (χ0) is 16.1. The van der Waals surface area contributed by atoms with Gasteiger partial charge < -0.3 is 10.1 Å². The van der Waals surface area contributed by atoms with Gasteiger partial charge in [0.05, 0.1) is 12.8 Å². The maximum absolute atomic E-state index is 5.76. The second-order valence-corrected chi connectivity index (χ2v) is 5.30. The summed E-state index contributed by atoms with van der Waals surface area (Å²) in [6.45, 7) is 0. The maximum atomic E-state index is 5.76. The van der Waals surface area contributed by atoms with Crippen molar-refractivity contribution >= 4 is 23.2 Å². The molecular formula is C16H16ClN5O. The number of ether oxygens (including phenoxy) is 1. The van der Waals surface area contributed by atoms with E-state index in [2.05, 4.69) is 37.6 Å². The molecule has 0 radical (unpaired) electrons. The zero-order valence-corrected chi connectivity index (χ0v) is 13.3. The van der Waals surface area contributed by atoms with Crippen molar-refractivity contribution in [3.8, 4) is 5.75 Å². The largest absolute Gasteiger partial charge is 0.497 e. The third-order valence-corrected chi connectivity index (χ3v) is 3.53. The Kier molecular flexibility index (Phi) is 4.73. The van der Waals surface area contributed by atoms with Crippen LogP contribution in [0.3, 0.4) is 0 Å². The molecule has 0 aliphatic carbocycles. The van der Waals surface area contributed by atoms with Gasteiger partial charge in [0.1, 0.15) is 17.4 Å². The van der Waals surface area contributed by atoms with Gasteiger partial charge in [-0.2, -0.15) is 5.10 Å². The first kappa shape index (κ1) is 15.3. The summed E-state index contributed by atoms with van der Waals surface area (Å²) in [5.41, 5.74) is 2.22. The summed E-state index contributed by atoms with van der Waals surface area (Å²) in [5, 5.41) is 10.5. The number of rotatable bonds is 6. The summed E-state index contributed by atoms with van der Waals surface area (Å²) in [6, 6.07) is 11.8. The lowest BCUT2D eigenvalue weighted by atomic mass is 10.1. The minimum Gasteiger partial charge on any atom is -0.497 e. The minimum atomic E-state index is 0.203. The van der Waals surface area contributed by atoms with Crippen LogP contribution >= 0.6 is 11.6 Å². The normalized spacial score (nSPS) is 10.5. The molecule has 0 unspecified atom stereocenters. The van der Waals surface area contributed by atoms with Crippen LogP contribution in [-0.4, -0.2) is 27.3 Å². The van der Waals surface area contributed by atoms with Crippen LogP contribution in [0.2, 0.25) is 5.28 Å². The van der Waals surface area contributed by atoms with E-state index in [4.69, 9.17) is 16.3 Å². The van der Waals surface area contributed by atoms with Gasteiger partial charge in [-0.3, -0.25) is 5.10 Å². The van der Waals surface area contributed by atoms with Gasteiger partial charge in [-0.1, -0.05) is 12.1 Å². The summed E-state index contributed by atoms with van der Waals surface area (Å²) in [5.74, 6) is 2.25. The molecule has 2 heterocycles. The number of halogens is 1. The first-order valence-corrected chi connectivity index (χ1v) is 7.53. The summed E-state index contributed by atoms with van der Waals surface area (Å²) in [7, 11) is 1.66. The first-order valence-electron chi connectivity index (χ1n) is 7.16. The highest BCUT2D eigenvalue weighted by atomic mass is 35.5. The van der Waals surface area contributed by atoms with Crippen LogP contribution < -0.4 is 10.1 Å². The number of anilines is 2. The zero-order valence-electron chi connectivity index (χ0n) is 12.6. The number of nitrogens with zero attached hydrogens (tertiary/aromatic N) is 3. The fourth-order valence-electron chi connectivity index (χ4n) is 2.16. The number of H-pyrrole nitrogens is 1. The molecule has 0 aliphatic heterocycles. The lowest BCUT2D eigenvalue weighted by Gasteiger charge is -2.02. The predicted molar refractivity (Wildman–Crippen MR) is 89.3 cm³/mol. The molecular weight excluding hydrogens is 314 g/mol. The number of hydrogen-bond acceptors (Lipinski definition) is 5. The molecule has 3 rings (SSSR count). The number of nitrogens with one attached hydrogen (secondary N) is 2. The lowest BCUT2D eigenvalue weighted by Crippen LogP contribution is -1.94. The average Bonchev–Trinajstić information content (AvgIpc) is 3.01. The molecule has 2 N–H and O–H groups in total. The Balaban J connectivity index is 1.58. The van der Waals surface area contributed by atoms with Crippen LogP contribution in [0.5, 0.6) is 5.75 Å². The van der Waals surface area contributed by atoms with Crippen molar-refractivity contribution in [2.75, 3.05) is 12.4 Å². The molecule has 0 fully saturated rings. The van der Waals surface area contributed by atoms with E-state index >= 15 is 0 Å². The van der Waals surface area contributed by atoms with Crippen LogP contribution in [0.4, 0.5) is 11.6 Å². The quantitative estimate of drug-likeness (QED) is 0.678. The smallest absolute Gasteiger partial charge is 0.224 e. The maximum Gasteiger partial charge on any atom is 0.224 e. The fourth-order valence-corrected chi connectivity index (χ4v) is 2.31. The molecule has 0 saturated carbocycles. The van der Waals surface area contributed by atoms with Gasteiger partial charge in [-0.05, 0) is 48.2 Å². The van der Waals surface area contributed by atoms with Crippen molar-refractivity contribution in [1.29, 1.82) is 0 Å². The van der Waals surface area contributed by atoms with Gasteiger partial charge in [0.15, 0.2) is 0 Å². The van der Waals surface area contributed by atoms with Gasteiger partial charge >= 0.3 is 0 Å². The number of methoxy groups -OCH3 is 1. The molecule has 0 bridgehead atoms. The highest BCUT2D eigenvalue weighted by Gasteiger charge is 2.04. The molecule has 7 heteroatoms. The van der Waals surface area contributed by atoms with Gasteiger partial charge in [0.25, 0.3) is 0 Å². The molecule has 1 aromatic carbocycles. The van der Waals surface area contributed by atoms with E-state index in [1.165, 1.54) is 5.56 Å². The molecule has 23 heavy (non-hydrogen) atoms. The van der Waals surface area contributed by atoms with Gasteiger partial charge in [-0.15, -0.1) is 0 Å². The summed E-state index contributed by atoms with van der Waals surface area (Å²) in [4.78, 5) is 7.91. The molecule has 6 nitrogen and oxygen atoms in total. The second-order valence-electron chi connectivity index (χ2n) is 4.96. The molecule has 2 aromatic heterocycles.